The number of amides is 1. The van der Waals surface area contributed by atoms with Gasteiger partial charge in [-0.05, 0) is 63.4 Å². The highest BCUT2D eigenvalue weighted by Gasteiger charge is 2.23. The molecule has 152 valence electrons. The number of carbonyl (C=O) groups is 1. The first kappa shape index (κ1) is 20.3. The Hall–Kier alpha value is -2.41. The second-order valence-corrected chi connectivity index (χ2v) is 7.92. The summed E-state index contributed by atoms with van der Waals surface area (Å²) >= 11 is 0. The number of ether oxygens (including phenoxy) is 1. The smallest absolute Gasteiger partial charge is 0.274 e. The molecule has 0 bridgehead atoms. The topological polar surface area (TPSA) is 81.1 Å². The van der Waals surface area contributed by atoms with Crippen molar-refractivity contribution in [3.05, 3.63) is 41.2 Å². The van der Waals surface area contributed by atoms with Crippen LogP contribution in [0.3, 0.4) is 0 Å². The standard InChI is InChI=1S/C21H31N5O2/c1-14(2)13-28-19-7-5-17(6-8-19)15(3)23-21(27)20-16(4)26(25-24-20)18-9-11-22-12-10-18/h5-8,14-15,18,22H,9-13H2,1-4H3,(H,23,27). The van der Waals surface area contributed by atoms with Gasteiger partial charge in [0, 0.05) is 0 Å². The zero-order valence-electron chi connectivity index (χ0n) is 17.2. The molecule has 7 heteroatoms. The Morgan fingerprint density at radius 3 is 2.57 bits per heavy atom. The first-order valence-electron chi connectivity index (χ1n) is 10.1. The predicted molar refractivity (Wildman–Crippen MR) is 109 cm³/mol. The van der Waals surface area contributed by atoms with E-state index in [0.29, 0.717) is 24.3 Å². The van der Waals surface area contributed by atoms with Gasteiger partial charge in [0.25, 0.3) is 5.91 Å². The lowest BCUT2D eigenvalue weighted by Crippen LogP contribution is -2.31. The van der Waals surface area contributed by atoms with Crippen molar-refractivity contribution in [1.29, 1.82) is 0 Å². The van der Waals surface area contributed by atoms with Gasteiger partial charge >= 0.3 is 0 Å². The van der Waals surface area contributed by atoms with E-state index in [1.807, 2.05) is 42.8 Å². The normalized spacial score (nSPS) is 16.2. The van der Waals surface area contributed by atoms with Crippen molar-refractivity contribution in [3.63, 3.8) is 0 Å². The zero-order valence-corrected chi connectivity index (χ0v) is 17.2. The average Bonchev–Trinajstić information content (AvgIpc) is 3.09. The van der Waals surface area contributed by atoms with Crippen molar-refractivity contribution in [2.45, 2.75) is 52.6 Å². The minimum atomic E-state index is -0.190. The van der Waals surface area contributed by atoms with Gasteiger partial charge in [0.05, 0.1) is 24.4 Å². The van der Waals surface area contributed by atoms with Gasteiger partial charge in [-0.25, -0.2) is 4.68 Å². The Morgan fingerprint density at radius 2 is 1.93 bits per heavy atom. The number of hydrogen-bond donors (Lipinski definition) is 2. The molecule has 3 rings (SSSR count). The Morgan fingerprint density at radius 1 is 1.25 bits per heavy atom. The van der Waals surface area contributed by atoms with Gasteiger partial charge in [-0.3, -0.25) is 4.79 Å². The quantitative estimate of drug-likeness (QED) is 0.766. The molecule has 1 unspecified atom stereocenters. The fourth-order valence-electron chi connectivity index (χ4n) is 3.41. The van der Waals surface area contributed by atoms with E-state index in [1.54, 1.807) is 0 Å². The fourth-order valence-corrected chi connectivity index (χ4v) is 3.41. The van der Waals surface area contributed by atoms with Crippen LogP contribution in [-0.2, 0) is 0 Å². The van der Waals surface area contributed by atoms with Crippen LogP contribution in [0.15, 0.2) is 24.3 Å². The van der Waals surface area contributed by atoms with Crippen LogP contribution in [-0.4, -0.2) is 40.6 Å². The lowest BCUT2D eigenvalue weighted by atomic mass is 10.1. The molecule has 2 N–H and O–H groups in total. The van der Waals surface area contributed by atoms with Gasteiger partial charge in [0.2, 0.25) is 0 Å². The summed E-state index contributed by atoms with van der Waals surface area (Å²) in [6.07, 6.45) is 2.01. The summed E-state index contributed by atoms with van der Waals surface area (Å²) in [6, 6.07) is 8.04. The molecule has 1 atom stereocenters. The third-order valence-electron chi connectivity index (χ3n) is 5.11. The van der Waals surface area contributed by atoms with E-state index in [2.05, 4.69) is 34.8 Å². The van der Waals surface area contributed by atoms with Gasteiger partial charge in [-0.2, -0.15) is 0 Å². The van der Waals surface area contributed by atoms with E-state index < -0.39 is 0 Å². The predicted octanol–water partition coefficient (Wildman–Crippen LogP) is 3.04. The van der Waals surface area contributed by atoms with Crippen LogP contribution in [0, 0.1) is 12.8 Å². The van der Waals surface area contributed by atoms with Crippen LogP contribution in [0.5, 0.6) is 5.75 Å². The lowest BCUT2D eigenvalue weighted by Gasteiger charge is -2.23. The summed E-state index contributed by atoms with van der Waals surface area (Å²) in [5, 5.41) is 14.8. The van der Waals surface area contributed by atoms with Crippen LogP contribution in [0.4, 0.5) is 0 Å². The maximum absolute atomic E-state index is 12.7. The summed E-state index contributed by atoms with van der Waals surface area (Å²) in [5.74, 6) is 1.14. The van der Waals surface area contributed by atoms with E-state index in [4.69, 9.17) is 4.74 Å². The van der Waals surface area contributed by atoms with E-state index in [-0.39, 0.29) is 11.9 Å². The van der Waals surface area contributed by atoms with Crippen molar-refractivity contribution in [1.82, 2.24) is 25.6 Å². The largest absolute Gasteiger partial charge is 0.493 e. The third kappa shape index (κ3) is 4.90. The van der Waals surface area contributed by atoms with Crippen molar-refractivity contribution in [2.75, 3.05) is 19.7 Å². The molecular weight excluding hydrogens is 354 g/mol. The Bertz CT molecular complexity index is 779. The van der Waals surface area contributed by atoms with Gasteiger partial charge in [-0.1, -0.05) is 31.2 Å². The lowest BCUT2D eigenvalue weighted by molar-refractivity contribution is 0.0934. The van der Waals surface area contributed by atoms with E-state index >= 15 is 0 Å². The molecular formula is C21H31N5O2. The van der Waals surface area contributed by atoms with E-state index in [0.717, 1.165) is 42.9 Å². The number of hydrogen-bond acceptors (Lipinski definition) is 5. The maximum atomic E-state index is 12.7. The van der Waals surface area contributed by atoms with Crippen molar-refractivity contribution >= 4 is 5.91 Å². The summed E-state index contributed by atoms with van der Waals surface area (Å²) in [7, 11) is 0. The molecule has 1 aliphatic heterocycles. The molecule has 1 fully saturated rings. The highest BCUT2D eigenvalue weighted by Crippen LogP contribution is 2.22. The number of carbonyl (C=O) groups excluding carboxylic acids is 1. The minimum absolute atomic E-state index is 0.130. The SMILES string of the molecule is Cc1c(C(=O)NC(C)c2ccc(OCC(C)C)cc2)nnn1C1CCNCC1. The Kier molecular flexibility index (Phi) is 6.67. The molecule has 1 saturated heterocycles. The summed E-state index contributed by atoms with van der Waals surface area (Å²) in [5.41, 5.74) is 2.25. The number of benzene rings is 1. The number of nitrogens with one attached hydrogen (secondary N) is 2. The Labute approximate surface area is 166 Å². The first-order valence-corrected chi connectivity index (χ1v) is 10.1. The van der Waals surface area contributed by atoms with Crippen molar-refractivity contribution in [3.8, 4) is 5.75 Å². The average molecular weight is 386 g/mol. The van der Waals surface area contributed by atoms with Gasteiger partial charge in [0.1, 0.15) is 5.75 Å². The van der Waals surface area contributed by atoms with Crippen molar-refractivity contribution < 1.29 is 9.53 Å². The highest BCUT2D eigenvalue weighted by molar-refractivity contribution is 5.93. The summed E-state index contributed by atoms with van der Waals surface area (Å²) < 4.78 is 7.62. The fraction of sp³-hybridized carbons (Fsp3) is 0.571. The summed E-state index contributed by atoms with van der Waals surface area (Å²) in [6.45, 7) is 10.8. The zero-order chi connectivity index (χ0) is 20.1. The molecule has 28 heavy (non-hydrogen) atoms. The van der Waals surface area contributed by atoms with Crippen LogP contribution in [0.1, 0.15) is 67.4 Å². The second kappa shape index (κ2) is 9.19. The molecule has 1 aromatic heterocycles. The molecule has 0 radical (unpaired) electrons. The molecule has 1 aromatic carbocycles. The second-order valence-electron chi connectivity index (χ2n) is 7.92. The van der Waals surface area contributed by atoms with Crippen LogP contribution >= 0.6 is 0 Å². The summed E-state index contributed by atoms with van der Waals surface area (Å²) in [4.78, 5) is 12.7. The molecule has 7 nitrogen and oxygen atoms in total. The Balaban J connectivity index is 1.62. The monoisotopic (exact) mass is 385 g/mol. The molecule has 0 spiro atoms. The van der Waals surface area contributed by atoms with E-state index in [9.17, 15) is 4.79 Å². The maximum Gasteiger partial charge on any atom is 0.274 e. The molecule has 2 aromatic rings. The molecule has 1 aliphatic rings. The van der Waals surface area contributed by atoms with Gasteiger partial charge in [0.15, 0.2) is 5.69 Å². The number of piperidine rings is 1. The van der Waals surface area contributed by atoms with Crippen LogP contribution < -0.4 is 15.4 Å². The molecule has 0 aliphatic carbocycles. The van der Waals surface area contributed by atoms with Crippen LogP contribution in [0.25, 0.3) is 0 Å². The number of nitrogens with zero attached hydrogens (tertiary/aromatic N) is 3. The third-order valence-corrected chi connectivity index (χ3v) is 5.11. The molecule has 2 heterocycles. The molecule has 1 amide bonds. The number of aromatic nitrogens is 3. The van der Waals surface area contributed by atoms with Crippen molar-refractivity contribution in [2.24, 2.45) is 5.92 Å². The molecule has 0 saturated carbocycles. The number of rotatable bonds is 7. The van der Waals surface area contributed by atoms with E-state index in [1.165, 1.54) is 0 Å². The van der Waals surface area contributed by atoms with Gasteiger partial charge < -0.3 is 15.4 Å². The first-order chi connectivity index (χ1) is 13.5. The van der Waals surface area contributed by atoms with Gasteiger partial charge in [-0.15, -0.1) is 5.10 Å². The highest BCUT2D eigenvalue weighted by atomic mass is 16.5. The minimum Gasteiger partial charge on any atom is -0.493 e. The van der Waals surface area contributed by atoms with Crippen LogP contribution in [0.2, 0.25) is 0 Å².